The molecule has 0 spiro atoms. The van der Waals surface area contributed by atoms with Crippen LogP contribution >= 0.6 is 0 Å². The van der Waals surface area contributed by atoms with Crippen LogP contribution in [0.5, 0.6) is 0 Å². The van der Waals surface area contributed by atoms with Gasteiger partial charge in [0.2, 0.25) is 0 Å². The van der Waals surface area contributed by atoms with E-state index in [9.17, 15) is 28.5 Å². The van der Waals surface area contributed by atoms with E-state index in [1.54, 1.807) is 0 Å². The summed E-state index contributed by atoms with van der Waals surface area (Å²) in [7, 11) is -5.06. The van der Waals surface area contributed by atoms with E-state index in [1.165, 1.54) is 64.2 Å². The van der Waals surface area contributed by atoms with Crippen molar-refractivity contribution < 1.29 is 56.2 Å². The van der Waals surface area contributed by atoms with Crippen LogP contribution in [0.15, 0.2) is 36.5 Å². The van der Waals surface area contributed by atoms with Crippen LogP contribution in [0.3, 0.4) is 0 Å². The first-order chi connectivity index (χ1) is 26.1. The third-order valence-corrected chi connectivity index (χ3v) is 9.74. The first-order valence-corrected chi connectivity index (χ1v) is 22.1. The van der Waals surface area contributed by atoms with E-state index in [2.05, 4.69) is 54.5 Å². The second-order valence-corrected chi connectivity index (χ2v) is 15.3. The highest BCUT2D eigenvalue weighted by Crippen LogP contribution is 2.26. The van der Waals surface area contributed by atoms with Crippen molar-refractivity contribution in [3.8, 4) is 0 Å². The monoisotopic (exact) mass is 790 g/mol. The molecule has 0 aromatic rings. The van der Waals surface area contributed by atoms with Gasteiger partial charge in [0.1, 0.15) is 30.5 Å². The van der Waals surface area contributed by atoms with Crippen LogP contribution in [0.2, 0.25) is 0 Å². The van der Waals surface area contributed by atoms with Crippen LogP contribution in [-0.2, 0) is 38.3 Å². The van der Waals surface area contributed by atoms with Crippen molar-refractivity contribution in [1.82, 2.24) is 0 Å². The lowest BCUT2D eigenvalue weighted by Gasteiger charge is -2.41. The maximum atomic E-state index is 12.7. The van der Waals surface area contributed by atoms with Gasteiger partial charge in [0.25, 0.3) is 0 Å². The van der Waals surface area contributed by atoms with Gasteiger partial charge in [0.15, 0.2) is 6.29 Å². The Labute approximate surface area is 326 Å². The van der Waals surface area contributed by atoms with Gasteiger partial charge in [0.05, 0.1) is 19.8 Å². The van der Waals surface area contributed by atoms with Crippen molar-refractivity contribution in [3.05, 3.63) is 36.5 Å². The summed E-state index contributed by atoms with van der Waals surface area (Å²) in [5, 5.41) is 30.5. The maximum absolute atomic E-state index is 12.7. The van der Waals surface area contributed by atoms with Gasteiger partial charge in [0, 0.05) is 13.0 Å². The number of carbonyl (C=O) groups excluding carboxylic acids is 1. The minimum atomic E-state index is -5.06. The Morgan fingerprint density at radius 3 is 1.87 bits per heavy atom. The Hall–Kier alpha value is -1.68. The topological polar surface area (TPSA) is 178 Å². The van der Waals surface area contributed by atoms with Crippen LogP contribution in [0.4, 0.5) is 0 Å². The first kappa shape index (κ1) is 50.3. The predicted molar refractivity (Wildman–Crippen MR) is 211 cm³/mol. The average Bonchev–Trinajstić information content (AvgIpc) is 3.14. The zero-order valence-corrected chi connectivity index (χ0v) is 34.1. The zero-order valence-electron chi connectivity index (χ0n) is 33.3. The van der Waals surface area contributed by atoms with Crippen LogP contribution in [0.25, 0.3) is 0 Å². The van der Waals surface area contributed by atoms with E-state index in [0.29, 0.717) is 13.0 Å². The number of aliphatic hydroxyl groups is 3. The highest BCUT2D eigenvalue weighted by Gasteiger charge is 2.48. The van der Waals surface area contributed by atoms with Gasteiger partial charge in [-0.3, -0.25) is 9.35 Å². The fourth-order valence-electron chi connectivity index (χ4n) is 6.16. The van der Waals surface area contributed by atoms with E-state index in [0.717, 1.165) is 64.2 Å². The standard InChI is InChI=1S/C41H74O12S/c1-3-5-7-9-11-13-14-15-16-17-18-19-20-21-23-25-27-29-31-49-33-35(51-37(43)30-28-26-24-22-12-10-8-6-4-2)34-50-41-39(45)40(53-54(46,47)48)38(44)36(32-42)52-41/h5,7,11,13,15-16,35-36,38-42,44-45H,3-4,6,8-10,12,14,17-34H2,1-2H3,(H,46,47,48)/b7-5-,13-11-,16-15-. The highest BCUT2D eigenvalue weighted by molar-refractivity contribution is 7.80. The van der Waals surface area contributed by atoms with Gasteiger partial charge in [-0.05, 0) is 44.9 Å². The molecule has 6 unspecified atom stereocenters. The molecule has 0 saturated carbocycles. The van der Waals surface area contributed by atoms with Crippen molar-refractivity contribution in [2.45, 2.75) is 192 Å². The number of rotatable bonds is 35. The Morgan fingerprint density at radius 1 is 0.722 bits per heavy atom. The molecule has 1 fully saturated rings. The van der Waals surface area contributed by atoms with Crippen molar-refractivity contribution in [2.24, 2.45) is 0 Å². The Bertz CT molecular complexity index is 1100. The van der Waals surface area contributed by atoms with Gasteiger partial charge in [-0.2, -0.15) is 8.42 Å². The molecule has 4 N–H and O–H groups in total. The molecule has 1 saturated heterocycles. The summed E-state index contributed by atoms with van der Waals surface area (Å²) in [6, 6.07) is 0. The summed E-state index contributed by atoms with van der Waals surface area (Å²) < 4.78 is 58.8. The molecule has 0 amide bonds. The smallest absolute Gasteiger partial charge is 0.397 e. The van der Waals surface area contributed by atoms with E-state index < -0.39 is 59.8 Å². The minimum absolute atomic E-state index is 0.0321. The number of allylic oxidation sites excluding steroid dienone is 6. The minimum Gasteiger partial charge on any atom is -0.457 e. The zero-order chi connectivity index (χ0) is 39.7. The molecule has 0 aliphatic carbocycles. The number of hydrogen-bond acceptors (Lipinski definition) is 11. The summed E-state index contributed by atoms with van der Waals surface area (Å²) >= 11 is 0. The molecule has 0 aromatic heterocycles. The van der Waals surface area contributed by atoms with Gasteiger partial charge < -0.3 is 34.3 Å². The Balaban J connectivity index is 2.43. The molecule has 6 atom stereocenters. The van der Waals surface area contributed by atoms with Crippen LogP contribution in [-0.4, -0.2) is 97.5 Å². The summed E-state index contributed by atoms with van der Waals surface area (Å²) in [6.07, 6.45) is 27.6. The molecular formula is C41H74O12S. The van der Waals surface area contributed by atoms with Crippen molar-refractivity contribution >= 4 is 16.4 Å². The largest absolute Gasteiger partial charge is 0.457 e. The molecule has 54 heavy (non-hydrogen) atoms. The molecule has 0 radical (unpaired) electrons. The molecule has 1 aliphatic rings. The Kier molecular flexibility index (Phi) is 31.2. The molecule has 13 heteroatoms. The number of esters is 1. The number of carbonyl (C=O) groups is 1. The lowest BCUT2D eigenvalue weighted by atomic mass is 9.99. The fourth-order valence-corrected chi connectivity index (χ4v) is 6.66. The molecule has 1 heterocycles. The van der Waals surface area contributed by atoms with Gasteiger partial charge in [-0.1, -0.05) is 140 Å². The SMILES string of the molecule is CC/C=C\C/C=C\C/C=C\CCCCCCCCCCOCC(COC1OC(CO)C(O)C(OS(=O)(=O)O)C1O)OC(=O)CCCCCCCCCCC. The molecule has 1 rings (SSSR count). The quantitative estimate of drug-likeness (QED) is 0.0212. The fraction of sp³-hybridized carbons (Fsp3) is 0.829. The normalized spacial score (nSPS) is 21.5. The molecule has 1 aliphatic heterocycles. The van der Waals surface area contributed by atoms with E-state index in [1.807, 2.05) is 0 Å². The third-order valence-electron chi connectivity index (χ3n) is 9.28. The van der Waals surface area contributed by atoms with Crippen LogP contribution in [0.1, 0.15) is 155 Å². The highest BCUT2D eigenvalue weighted by atomic mass is 32.3. The number of unbranched alkanes of at least 4 members (excludes halogenated alkanes) is 16. The van der Waals surface area contributed by atoms with E-state index in [4.69, 9.17) is 23.5 Å². The van der Waals surface area contributed by atoms with E-state index >= 15 is 0 Å². The average molecular weight is 791 g/mol. The summed E-state index contributed by atoms with van der Waals surface area (Å²) in [5.74, 6) is -0.407. The predicted octanol–water partition coefficient (Wildman–Crippen LogP) is 7.85. The number of aliphatic hydroxyl groups excluding tert-OH is 3. The molecule has 12 nitrogen and oxygen atoms in total. The molecule has 316 valence electrons. The second-order valence-electron chi connectivity index (χ2n) is 14.2. The Morgan fingerprint density at radius 2 is 1.28 bits per heavy atom. The third kappa shape index (κ3) is 27.0. The van der Waals surface area contributed by atoms with Crippen LogP contribution in [0, 0.1) is 0 Å². The number of ether oxygens (including phenoxy) is 4. The maximum Gasteiger partial charge on any atom is 0.397 e. The summed E-state index contributed by atoms with van der Waals surface area (Å²) in [5.41, 5.74) is 0. The second kappa shape index (κ2) is 33.5. The molecular weight excluding hydrogens is 717 g/mol. The summed E-state index contributed by atoms with van der Waals surface area (Å²) in [4.78, 5) is 12.7. The van der Waals surface area contributed by atoms with Crippen molar-refractivity contribution in [3.63, 3.8) is 0 Å². The lowest BCUT2D eigenvalue weighted by Crippen LogP contribution is -2.60. The van der Waals surface area contributed by atoms with Crippen molar-refractivity contribution in [1.29, 1.82) is 0 Å². The van der Waals surface area contributed by atoms with Gasteiger partial charge in [-0.25, -0.2) is 4.18 Å². The van der Waals surface area contributed by atoms with Gasteiger partial charge >= 0.3 is 16.4 Å². The van der Waals surface area contributed by atoms with Gasteiger partial charge in [-0.15, -0.1) is 0 Å². The lowest BCUT2D eigenvalue weighted by molar-refractivity contribution is -0.301. The summed E-state index contributed by atoms with van der Waals surface area (Å²) in [6.45, 7) is 3.82. The molecule has 0 bridgehead atoms. The number of hydrogen-bond donors (Lipinski definition) is 4. The van der Waals surface area contributed by atoms with E-state index in [-0.39, 0.29) is 19.6 Å². The first-order valence-electron chi connectivity index (χ1n) is 20.7. The molecule has 0 aromatic carbocycles. The van der Waals surface area contributed by atoms with Crippen molar-refractivity contribution in [2.75, 3.05) is 26.4 Å². The van der Waals surface area contributed by atoms with Crippen LogP contribution < -0.4 is 0 Å².